The van der Waals surface area contributed by atoms with E-state index in [1.165, 1.54) is 22.8 Å². The molecule has 0 aliphatic rings. The van der Waals surface area contributed by atoms with E-state index < -0.39 is 10.7 Å². The molecule has 3 rings (SSSR count). The smallest absolute Gasteiger partial charge is 0.407 e. The van der Waals surface area contributed by atoms with Crippen molar-refractivity contribution in [3.05, 3.63) is 68.2 Å². The zero-order chi connectivity index (χ0) is 19.7. The van der Waals surface area contributed by atoms with Crippen molar-refractivity contribution in [3.63, 3.8) is 0 Å². The summed E-state index contributed by atoms with van der Waals surface area (Å²) in [5.41, 5.74) is 3.08. The monoisotopic (exact) mass is 369 g/mol. The number of rotatable bonds is 5. The SMILES string of the molecule is CCN(C(=O)Cn1c(=O)oc2cc([N+](=O)[O-])ccc21)c1cc(C)cc(C)c1. The number of nitro benzene ring substituents is 1. The first-order valence-corrected chi connectivity index (χ1v) is 8.46. The van der Waals surface area contributed by atoms with E-state index >= 15 is 0 Å². The van der Waals surface area contributed by atoms with Gasteiger partial charge in [0.25, 0.3) is 5.69 Å². The molecule has 27 heavy (non-hydrogen) atoms. The van der Waals surface area contributed by atoms with Gasteiger partial charge in [-0.05, 0) is 50.1 Å². The first-order valence-electron chi connectivity index (χ1n) is 8.46. The molecule has 2 aromatic carbocycles. The summed E-state index contributed by atoms with van der Waals surface area (Å²) in [7, 11) is 0. The lowest BCUT2D eigenvalue weighted by Crippen LogP contribution is -2.35. The molecule has 0 N–H and O–H groups in total. The Bertz CT molecular complexity index is 1080. The van der Waals surface area contributed by atoms with Gasteiger partial charge in [-0.1, -0.05) is 6.07 Å². The normalized spacial score (nSPS) is 10.9. The fourth-order valence-corrected chi connectivity index (χ4v) is 3.15. The lowest BCUT2D eigenvalue weighted by atomic mass is 10.1. The van der Waals surface area contributed by atoms with Crippen molar-refractivity contribution in [1.29, 1.82) is 0 Å². The second kappa shape index (κ2) is 7.06. The predicted molar refractivity (Wildman–Crippen MR) is 101 cm³/mol. The van der Waals surface area contributed by atoms with E-state index in [-0.39, 0.29) is 23.7 Å². The van der Waals surface area contributed by atoms with Gasteiger partial charge in [-0.3, -0.25) is 19.5 Å². The Kier molecular flexibility index (Phi) is 4.81. The molecule has 0 fully saturated rings. The molecular formula is C19H19N3O5. The van der Waals surface area contributed by atoms with Gasteiger partial charge >= 0.3 is 5.76 Å². The Labute approximate surface area is 154 Å². The number of likely N-dealkylation sites (N-methyl/N-ethyl adjacent to an activating group) is 1. The topological polar surface area (TPSA) is 98.6 Å². The molecule has 0 atom stereocenters. The molecule has 1 heterocycles. The second-order valence-electron chi connectivity index (χ2n) is 6.35. The average molecular weight is 369 g/mol. The van der Waals surface area contributed by atoms with E-state index in [0.29, 0.717) is 12.1 Å². The van der Waals surface area contributed by atoms with Gasteiger partial charge in [0.15, 0.2) is 5.58 Å². The van der Waals surface area contributed by atoms with E-state index in [1.54, 1.807) is 4.90 Å². The van der Waals surface area contributed by atoms with Gasteiger partial charge in [0.2, 0.25) is 5.91 Å². The first-order chi connectivity index (χ1) is 12.8. The lowest BCUT2D eigenvalue weighted by molar-refractivity contribution is -0.384. The minimum absolute atomic E-state index is 0.0800. The molecule has 1 amide bonds. The number of aryl methyl sites for hydroxylation is 2. The molecule has 0 saturated carbocycles. The molecular weight excluding hydrogens is 350 g/mol. The number of nitrogens with zero attached hydrogens (tertiary/aromatic N) is 3. The number of carbonyl (C=O) groups excluding carboxylic acids is 1. The van der Waals surface area contributed by atoms with Crippen LogP contribution in [-0.4, -0.2) is 21.9 Å². The van der Waals surface area contributed by atoms with Gasteiger partial charge in [-0.2, -0.15) is 0 Å². The molecule has 0 bridgehead atoms. The van der Waals surface area contributed by atoms with Crippen LogP contribution in [0.2, 0.25) is 0 Å². The molecule has 0 spiro atoms. The van der Waals surface area contributed by atoms with E-state index in [9.17, 15) is 19.7 Å². The van der Waals surface area contributed by atoms with Crippen molar-refractivity contribution >= 4 is 28.4 Å². The maximum absolute atomic E-state index is 12.9. The van der Waals surface area contributed by atoms with Crippen LogP contribution in [0.25, 0.3) is 11.1 Å². The van der Waals surface area contributed by atoms with E-state index in [1.807, 2.05) is 39.0 Å². The Balaban J connectivity index is 1.96. The van der Waals surface area contributed by atoms with E-state index in [4.69, 9.17) is 4.42 Å². The largest absolute Gasteiger partial charge is 0.420 e. The number of non-ortho nitro benzene ring substituents is 1. The highest BCUT2D eigenvalue weighted by Gasteiger charge is 2.20. The number of aromatic nitrogens is 1. The van der Waals surface area contributed by atoms with E-state index in [0.717, 1.165) is 16.8 Å². The van der Waals surface area contributed by atoms with Crippen LogP contribution in [0.15, 0.2) is 45.6 Å². The predicted octanol–water partition coefficient (Wildman–Crippen LogP) is 3.17. The van der Waals surface area contributed by atoms with Gasteiger partial charge < -0.3 is 9.32 Å². The molecule has 140 valence electrons. The number of amides is 1. The summed E-state index contributed by atoms with van der Waals surface area (Å²) in [4.78, 5) is 36.9. The van der Waals surface area contributed by atoms with Crippen molar-refractivity contribution in [2.45, 2.75) is 27.3 Å². The van der Waals surface area contributed by atoms with Crippen LogP contribution < -0.4 is 10.7 Å². The molecule has 1 aromatic heterocycles. The van der Waals surface area contributed by atoms with Crippen molar-refractivity contribution in [1.82, 2.24) is 4.57 Å². The Morgan fingerprint density at radius 1 is 1.19 bits per heavy atom. The zero-order valence-corrected chi connectivity index (χ0v) is 15.3. The average Bonchev–Trinajstić information content (AvgIpc) is 2.89. The van der Waals surface area contributed by atoms with Gasteiger partial charge in [0, 0.05) is 18.3 Å². The van der Waals surface area contributed by atoms with Crippen LogP contribution in [0, 0.1) is 24.0 Å². The lowest BCUT2D eigenvalue weighted by Gasteiger charge is -2.22. The minimum atomic E-state index is -0.727. The number of benzene rings is 2. The summed E-state index contributed by atoms with van der Waals surface area (Å²) in [6, 6.07) is 9.71. The molecule has 0 aliphatic carbocycles. The highest BCUT2D eigenvalue weighted by molar-refractivity contribution is 5.94. The summed E-state index contributed by atoms with van der Waals surface area (Å²) in [6.07, 6.45) is 0. The Morgan fingerprint density at radius 3 is 2.44 bits per heavy atom. The number of fused-ring (bicyclic) bond motifs is 1. The highest BCUT2D eigenvalue weighted by Crippen LogP contribution is 2.22. The van der Waals surface area contributed by atoms with Crippen LogP contribution in [0.4, 0.5) is 11.4 Å². The van der Waals surface area contributed by atoms with Crippen molar-refractivity contribution in [3.8, 4) is 0 Å². The van der Waals surface area contributed by atoms with Gasteiger partial charge in [-0.25, -0.2) is 4.79 Å². The summed E-state index contributed by atoms with van der Waals surface area (Å²) in [5.74, 6) is -0.999. The second-order valence-corrected chi connectivity index (χ2v) is 6.35. The number of anilines is 1. The van der Waals surface area contributed by atoms with E-state index in [2.05, 4.69) is 0 Å². The van der Waals surface area contributed by atoms with Crippen molar-refractivity contribution < 1.29 is 14.1 Å². The fraction of sp³-hybridized carbons (Fsp3) is 0.263. The molecule has 0 aliphatic heterocycles. The fourth-order valence-electron chi connectivity index (χ4n) is 3.15. The third kappa shape index (κ3) is 3.59. The van der Waals surface area contributed by atoms with Gasteiger partial charge in [0.1, 0.15) is 6.54 Å². The van der Waals surface area contributed by atoms with Crippen molar-refractivity contribution in [2.75, 3.05) is 11.4 Å². The number of hydrogen-bond acceptors (Lipinski definition) is 5. The van der Waals surface area contributed by atoms with Crippen LogP contribution in [-0.2, 0) is 11.3 Å². The zero-order valence-electron chi connectivity index (χ0n) is 15.3. The third-order valence-corrected chi connectivity index (χ3v) is 4.29. The molecule has 0 unspecified atom stereocenters. The number of hydrogen-bond donors (Lipinski definition) is 0. The maximum Gasteiger partial charge on any atom is 0.420 e. The van der Waals surface area contributed by atoms with Crippen LogP contribution in [0.3, 0.4) is 0 Å². The summed E-state index contributed by atoms with van der Waals surface area (Å²) >= 11 is 0. The molecule has 0 saturated heterocycles. The summed E-state index contributed by atoms with van der Waals surface area (Å²) < 4.78 is 6.27. The number of carbonyl (C=O) groups is 1. The Morgan fingerprint density at radius 2 is 1.85 bits per heavy atom. The van der Waals surface area contributed by atoms with Crippen LogP contribution in [0.5, 0.6) is 0 Å². The van der Waals surface area contributed by atoms with Crippen LogP contribution >= 0.6 is 0 Å². The van der Waals surface area contributed by atoms with Gasteiger partial charge in [-0.15, -0.1) is 0 Å². The standard InChI is InChI=1S/C19H19N3O5/c1-4-20(15-8-12(2)7-13(3)9-15)18(23)11-21-16-6-5-14(22(25)26)10-17(16)27-19(21)24/h5-10H,4,11H2,1-3H3. The van der Waals surface area contributed by atoms with Crippen molar-refractivity contribution in [2.24, 2.45) is 0 Å². The van der Waals surface area contributed by atoms with Gasteiger partial charge in [0.05, 0.1) is 16.5 Å². The first kappa shape index (κ1) is 18.4. The molecule has 3 aromatic rings. The molecule has 8 nitrogen and oxygen atoms in total. The Hall–Kier alpha value is -3.42. The molecule has 0 radical (unpaired) electrons. The minimum Gasteiger partial charge on any atom is -0.407 e. The number of nitro groups is 1. The van der Waals surface area contributed by atoms with Crippen LogP contribution in [0.1, 0.15) is 18.1 Å². The highest BCUT2D eigenvalue weighted by atomic mass is 16.6. The number of oxazole rings is 1. The quantitative estimate of drug-likeness (QED) is 0.508. The summed E-state index contributed by atoms with van der Waals surface area (Å²) in [5, 5.41) is 10.9. The maximum atomic E-state index is 12.9. The third-order valence-electron chi connectivity index (χ3n) is 4.29. The molecule has 8 heteroatoms. The summed E-state index contributed by atoms with van der Waals surface area (Å²) in [6.45, 7) is 5.99.